The smallest absolute Gasteiger partial charge is 0.354 e. The second-order valence-electron chi connectivity index (χ2n) is 3.59. The lowest BCUT2D eigenvalue weighted by molar-refractivity contribution is 0.0690. The average molecular weight is 337 g/mol. The molecule has 0 amide bonds. The lowest BCUT2D eigenvalue weighted by atomic mass is 10.1. The number of halogens is 4. The molecule has 2 aromatic rings. The minimum atomic E-state index is -1.15. The summed E-state index contributed by atoms with van der Waals surface area (Å²) in [5.74, 6) is -1.15. The number of rotatable bonds is 2. The maximum atomic E-state index is 10.9. The van der Waals surface area contributed by atoms with Crippen LogP contribution in [0.3, 0.4) is 0 Å². The van der Waals surface area contributed by atoms with Gasteiger partial charge in [0.05, 0.1) is 25.8 Å². The van der Waals surface area contributed by atoms with Crippen LogP contribution in [0, 0.1) is 0 Å². The number of nitrogens with zero attached hydrogens (tertiary/aromatic N) is 1. The molecular formula is C12H5Cl4NO2. The minimum absolute atomic E-state index is 0.124. The Morgan fingerprint density at radius 1 is 1.00 bits per heavy atom. The summed E-state index contributed by atoms with van der Waals surface area (Å²) >= 11 is 23.7. The first-order valence-electron chi connectivity index (χ1n) is 4.95. The van der Waals surface area contributed by atoms with Crippen LogP contribution in [0.4, 0.5) is 0 Å². The number of carboxylic acid groups (broad SMARTS) is 1. The Hall–Kier alpha value is -1.000. The van der Waals surface area contributed by atoms with Gasteiger partial charge in [-0.3, -0.25) is 0 Å². The molecule has 0 unspecified atom stereocenters. The SMILES string of the molecule is O=C(O)c1ccc(Cl)c(-c2cc(Cl)c(Cl)c(Cl)c2)n1. The van der Waals surface area contributed by atoms with Gasteiger partial charge in [0, 0.05) is 5.56 Å². The monoisotopic (exact) mass is 335 g/mol. The molecule has 0 aliphatic carbocycles. The van der Waals surface area contributed by atoms with Crippen LogP contribution in [0.2, 0.25) is 20.1 Å². The zero-order valence-electron chi connectivity index (χ0n) is 9.12. The van der Waals surface area contributed by atoms with E-state index >= 15 is 0 Å². The lowest BCUT2D eigenvalue weighted by Gasteiger charge is -2.07. The van der Waals surface area contributed by atoms with Crippen molar-refractivity contribution in [1.82, 2.24) is 4.98 Å². The van der Waals surface area contributed by atoms with Gasteiger partial charge in [-0.1, -0.05) is 46.4 Å². The van der Waals surface area contributed by atoms with Gasteiger partial charge in [0.2, 0.25) is 0 Å². The molecule has 0 spiro atoms. The van der Waals surface area contributed by atoms with Gasteiger partial charge in [0.15, 0.2) is 0 Å². The summed E-state index contributed by atoms with van der Waals surface area (Å²) in [5, 5.41) is 9.91. The number of hydrogen-bond acceptors (Lipinski definition) is 2. The Labute approximate surface area is 128 Å². The van der Waals surface area contributed by atoms with E-state index in [1.165, 1.54) is 24.3 Å². The molecule has 0 aliphatic rings. The Morgan fingerprint density at radius 3 is 2.11 bits per heavy atom. The molecule has 3 nitrogen and oxygen atoms in total. The van der Waals surface area contributed by atoms with Crippen molar-refractivity contribution in [3.8, 4) is 11.3 Å². The van der Waals surface area contributed by atoms with Crippen LogP contribution < -0.4 is 0 Å². The first-order valence-corrected chi connectivity index (χ1v) is 6.46. The van der Waals surface area contributed by atoms with Gasteiger partial charge in [0.1, 0.15) is 5.69 Å². The fourth-order valence-electron chi connectivity index (χ4n) is 1.46. The van der Waals surface area contributed by atoms with E-state index in [0.29, 0.717) is 10.6 Å². The number of benzene rings is 1. The topological polar surface area (TPSA) is 50.2 Å². The summed E-state index contributed by atoms with van der Waals surface area (Å²) in [7, 11) is 0. The first-order chi connectivity index (χ1) is 8.90. The molecule has 19 heavy (non-hydrogen) atoms. The van der Waals surface area contributed by atoms with Crippen molar-refractivity contribution < 1.29 is 9.90 Å². The van der Waals surface area contributed by atoms with Crippen LogP contribution in [0.15, 0.2) is 24.3 Å². The molecule has 1 aromatic carbocycles. The number of aromatic carboxylic acids is 1. The van der Waals surface area contributed by atoms with Crippen LogP contribution in [0.25, 0.3) is 11.3 Å². The van der Waals surface area contributed by atoms with Crippen LogP contribution in [0.5, 0.6) is 0 Å². The minimum Gasteiger partial charge on any atom is -0.477 e. The normalized spacial score (nSPS) is 10.5. The molecule has 2 rings (SSSR count). The van der Waals surface area contributed by atoms with Crippen molar-refractivity contribution in [2.75, 3.05) is 0 Å². The maximum absolute atomic E-state index is 10.9. The highest BCUT2D eigenvalue weighted by Gasteiger charge is 2.14. The molecule has 0 fully saturated rings. The molecular weight excluding hydrogens is 332 g/mol. The molecule has 7 heteroatoms. The van der Waals surface area contributed by atoms with Crippen LogP contribution in [0.1, 0.15) is 10.5 Å². The first kappa shape index (κ1) is 14.4. The number of carboxylic acids is 1. The predicted molar refractivity (Wildman–Crippen MR) is 76.7 cm³/mol. The lowest BCUT2D eigenvalue weighted by Crippen LogP contribution is -2.01. The molecule has 0 radical (unpaired) electrons. The van der Waals surface area contributed by atoms with Gasteiger partial charge < -0.3 is 5.11 Å². The van der Waals surface area contributed by atoms with Gasteiger partial charge >= 0.3 is 5.97 Å². The summed E-state index contributed by atoms with van der Waals surface area (Å²) < 4.78 is 0. The van der Waals surface area contributed by atoms with E-state index < -0.39 is 5.97 Å². The zero-order valence-corrected chi connectivity index (χ0v) is 12.1. The molecule has 0 atom stereocenters. The van der Waals surface area contributed by atoms with Crippen molar-refractivity contribution in [1.29, 1.82) is 0 Å². The van der Waals surface area contributed by atoms with Crippen molar-refractivity contribution in [3.63, 3.8) is 0 Å². The Bertz CT molecular complexity index is 650. The maximum Gasteiger partial charge on any atom is 0.354 e. The standard InChI is InChI=1S/C12H5Cl4NO2/c13-6-1-2-9(12(18)19)17-11(6)5-3-7(14)10(16)8(15)4-5/h1-4H,(H,18,19). The molecule has 1 heterocycles. The highest BCUT2D eigenvalue weighted by Crippen LogP contribution is 2.36. The Balaban J connectivity index is 2.64. The van der Waals surface area contributed by atoms with E-state index in [1.54, 1.807) is 0 Å². The molecule has 0 aliphatic heterocycles. The van der Waals surface area contributed by atoms with Crippen LogP contribution in [-0.4, -0.2) is 16.1 Å². The molecule has 0 saturated heterocycles. The second-order valence-corrected chi connectivity index (χ2v) is 5.19. The third-order valence-electron chi connectivity index (χ3n) is 2.32. The summed E-state index contributed by atoms with van der Waals surface area (Å²) in [6, 6.07) is 5.81. The van der Waals surface area contributed by atoms with Crippen molar-refractivity contribution in [2.24, 2.45) is 0 Å². The zero-order chi connectivity index (χ0) is 14.2. The Morgan fingerprint density at radius 2 is 1.58 bits per heavy atom. The molecule has 0 saturated carbocycles. The van der Waals surface area contributed by atoms with Crippen LogP contribution >= 0.6 is 46.4 Å². The molecule has 98 valence electrons. The summed E-state index contributed by atoms with van der Waals surface area (Å²) in [5.41, 5.74) is 0.649. The van der Waals surface area contributed by atoms with E-state index in [0.717, 1.165) is 0 Å². The van der Waals surface area contributed by atoms with Crippen LogP contribution in [-0.2, 0) is 0 Å². The molecule has 1 N–H and O–H groups in total. The fourth-order valence-corrected chi connectivity index (χ4v) is 2.27. The number of pyridine rings is 1. The van der Waals surface area contributed by atoms with Crippen molar-refractivity contribution in [3.05, 3.63) is 50.0 Å². The highest BCUT2D eigenvalue weighted by atomic mass is 35.5. The Kier molecular flexibility index (Phi) is 4.21. The van der Waals surface area contributed by atoms with E-state index in [-0.39, 0.29) is 26.5 Å². The van der Waals surface area contributed by atoms with Gasteiger partial charge in [-0.15, -0.1) is 0 Å². The third kappa shape index (κ3) is 2.95. The number of hydrogen-bond donors (Lipinski definition) is 1. The van der Waals surface area contributed by atoms with Crippen molar-refractivity contribution >= 4 is 52.4 Å². The van der Waals surface area contributed by atoms with Gasteiger partial charge in [-0.05, 0) is 24.3 Å². The third-order valence-corrected chi connectivity index (χ3v) is 3.82. The quantitative estimate of drug-likeness (QED) is 0.780. The summed E-state index contributed by atoms with van der Waals surface area (Å²) in [6.07, 6.45) is 0. The second kappa shape index (κ2) is 5.55. The average Bonchev–Trinajstić information content (AvgIpc) is 2.35. The van der Waals surface area contributed by atoms with E-state index in [4.69, 9.17) is 51.5 Å². The van der Waals surface area contributed by atoms with Gasteiger partial charge in [-0.25, -0.2) is 9.78 Å². The van der Waals surface area contributed by atoms with E-state index in [9.17, 15) is 4.79 Å². The van der Waals surface area contributed by atoms with E-state index in [2.05, 4.69) is 4.98 Å². The number of carbonyl (C=O) groups is 1. The summed E-state index contributed by atoms with van der Waals surface area (Å²) in [4.78, 5) is 14.9. The largest absolute Gasteiger partial charge is 0.477 e. The number of aromatic nitrogens is 1. The summed E-state index contributed by atoms with van der Waals surface area (Å²) in [6.45, 7) is 0. The molecule has 1 aromatic heterocycles. The fraction of sp³-hybridized carbons (Fsp3) is 0. The van der Waals surface area contributed by atoms with Gasteiger partial charge in [0.25, 0.3) is 0 Å². The van der Waals surface area contributed by atoms with Gasteiger partial charge in [-0.2, -0.15) is 0 Å². The van der Waals surface area contributed by atoms with Crippen molar-refractivity contribution in [2.45, 2.75) is 0 Å². The van der Waals surface area contributed by atoms with E-state index in [1.807, 2.05) is 0 Å². The molecule has 0 bridgehead atoms. The highest BCUT2D eigenvalue weighted by molar-refractivity contribution is 6.48. The predicted octanol–water partition coefficient (Wildman–Crippen LogP) is 5.06.